The SMILES string of the molecule is O=C(NC1CCCC1CO)c1ccc(F)c(Br)c1. The predicted molar refractivity (Wildman–Crippen MR) is 69.8 cm³/mol. The Balaban J connectivity index is 2.05. The molecule has 1 aliphatic carbocycles. The fourth-order valence-corrected chi connectivity index (χ4v) is 2.71. The minimum absolute atomic E-state index is 0.0197. The number of carbonyl (C=O) groups excluding carboxylic acids is 1. The van der Waals surface area contributed by atoms with Crippen LogP contribution in [-0.4, -0.2) is 23.7 Å². The van der Waals surface area contributed by atoms with Gasteiger partial charge in [-0.3, -0.25) is 4.79 Å². The second-order valence-electron chi connectivity index (χ2n) is 4.58. The first-order chi connectivity index (χ1) is 8.61. The van der Waals surface area contributed by atoms with E-state index in [4.69, 9.17) is 0 Å². The van der Waals surface area contributed by atoms with E-state index in [1.165, 1.54) is 18.2 Å². The van der Waals surface area contributed by atoms with Gasteiger partial charge in [-0.25, -0.2) is 4.39 Å². The monoisotopic (exact) mass is 315 g/mol. The van der Waals surface area contributed by atoms with Crippen LogP contribution in [0.25, 0.3) is 0 Å². The van der Waals surface area contributed by atoms with Crippen molar-refractivity contribution in [1.82, 2.24) is 5.32 Å². The Kier molecular flexibility index (Phi) is 4.35. The van der Waals surface area contributed by atoms with Gasteiger partial charge in [-0.1, -0.05) is 6.42 Å². The number of amides is 1. The van der Waals surface area contributed by atoms with Crippen LogP contribution in [-0.2, 0) is 0 Å². The molecule has 0 aromatic heterocycles. The molecular formula is C13H15BrFNO2. The number of hydrogen-bond donors (Lipinski definition) is 2. The van der Waals surface area contributed by atoms with E-state index in [0.717, 1.165) is 19.3 Å². The van der Waals surface area contributed by atoms with Crippen molar-refractivity contribution < 1.29 is 14.3 Å². The van der Waals surface area contributed by atoms with Crippen molar-refractivity contribution >= 4 is 21.8 Å². The van der Waals surface area contributed by atoms with Gasteiger partial charge in [-0.2, -0.15) is 0 Å². The second kappa shape index (κ2) is 5.80. The van der Waals surface area contributed by atoms with E-state index < -0.39 is 0 Å². The van der Waals surface area contributed by atoms with Gasteiger partial charge >= 0.3 is 0 Å². The van der Waals surface area contributed by atoms with Gasteiger partial charge in [0.1, 0.15) is 5.82 Å². The summed E-state index contributed by atoms with van der Waals surface area (Å²) in [6, 6.07) is 4.20. The third-order valence-electron chi connectivity index (χ3n) is 3.39. The zero-order valence-corrected chi connectivity index (χ0v) is 11.4. The summed E-state index contributed by atoms with van der Waals surface area (Å²) in [5.74, 6) is -0.473. The standard InChI is InChI=1S/C13H15BrFNO2/c14-10-6-8(4-5-11(10)15)13(18)16-12-3-1-2-9(12)7-17/h4-6,9,12,17H,1-3,7H2,(H,16,18). The lowest BCUT2D eigenvalue weighted by atomic mass is 10.0. The molecule has 2 N–H and O–H groups in total. The molecule has 1 aromatic rings. The minimum Gasteiger partial charge on any atom is -0.396 e. The maximum Gasteiger partial charge on any atom is 0.251 e. The lowest BCUT2D eigenvalue weighted by Gasteiger charge is -2.19. The Hall–Kier alpha value is -0.940. The summed E-state index contributed by atoms with van der Waals surface area (Å²) in [6.07, 6.45) is 2.84. The summed E-state index contributed by atoms with van der Waals surface area (Å²) in [5.41, 5.74) is 0.423. The molecule has 2 rings (SSSR count). The lowest BCUT2D eigenvalue weighted by Crippen LogP contribution is -2.38. The van der Waals surface area contributed by atoms with E-state index in [-0.39, 0.29) is 34.8 Å². The highest BCUT2D eigenvalue weighted by atomic mass is 79.9. The van der Waals surface area contributed by atoms with Crippen molar-refractivity contribution in [2.75, 3.05) is 6.61 Å². The van der Waals surface area contributed by atoms with E-state index in [1.54, 1.807) is 0 Å². The Morgan fingerprint density at radius 3 is 2.94 bits per heavy atom. The van der Waals surface area contributed by atoms with Crippen LogP contribution in [0.15, 0.2) is 22.7 Å². The summed E-state index contributed by atoms with van der Waals surface area (Å²) >= 11 is 3.06. The average molecular weight is 316 g/mol. The second-order valence-corrected chi connectivity index (χ2v) is 5.44. The molecule has 0 aliphatic heterocycles. The molecule has 5 heteroatoms. The van der Waals surface area contributed by atoms with Crippen LogP contribution in [0.5, 0.6) is 0 Å². The van der Waals surface area contributed by atoms with Gasteiger partial charge in [0.05, 0.1) is 4.47 Å². The Morgan fingerprint density at radius 2 is 2.28 bits per heavy atom. The van der Waals surface area contributed by atoms with E-state index >= 15 is 0 Å². The van der Waals surface area contributed by atoms with Gasteiger partial charge in [-0.15, -0.1) is 0 Å². The highest BCUT2D eigenvalue weighted by Crippen LogP contribution is 2.25. The zero-order valence-electron chi connectivity index (χ0n) is 9.83. The first-order valence-corrected chi connectivity index (χ1v) is 6.78. The summed E-state index contributed by atoms with van der Waals surface area (Å²) in [6.45, 7) is 0.0953. The van der Waals surface area contributed by atoms with Crippen molar-refractivity contribution in [1.29, 1.82) is 0 Å². The molecule has 0 spiro atoms. The third-order valence-corrected chi connectivity index (χ3v) is 4.00. The molecule has 98 valence electrons. The summed E-state index contributed by atoms with van der Waals surface area (Å²) < 4.78 is 13.4. The zero-order chi connectivity index (χ0) is 13.1. The molecule has 1 fully saturated rings. The number of nitrogens with one attached hydrogen (secondary N) is 1. The molecule has 18 heavy (non-hydrogen) atoms. The van der Waals surface area contributed by atoms with Crippen LogP contribution >= 0.6 is 15.9 Å². The van der Waals surface area contributed by atoms with Gasteiger partial charge in [0, 0.05) is 24.1 Å². The molecule has 0 heterocycles. The van der Waals surface area contributed by atoms with Crippen LogP contribution in [0.1, 0.15) is 29.6 Å². The Morgan fingerprint density at radius 1 is 1.50 bits per heavy atom. The molecule has 1 saturated carbocycles. The van der Waals surface area contributed by atoms with Crippen molar-refractivity contribution in [3.05, 3.63) is 34.1 Å². The topological polar surface area (TPSA) is 49.3 Å². The van der Waals surface area contributed by atoms with Crippen molar-refractivity contribution in [2.24, 2.45) is 5.92 Å². The van der Waals surface area contributed by atoms with E-state index in [2.05, 4.69) is 21.2 Å². The number of carbonyl (C=O) groups is 1. The fourth-order valence-electron chi connectivity index (χ4n) is 2.33. The lowest BCUT2D eigenvalue weighted by molar-refractivity contribution is 0.0916. The van der Waals surface area contributed by atoms with Crippen molar-refractivity contribution in [2.45, 2.75) is 25.3 Å². The number of aliphatic hydroxyl groups excluding tert-OH is 1. The number of aliphatic hydroxyl groups is 1. The van der Waals surface area contributed by atoms with Gasteiger partial charge in [-0.05, 0) is 47.0 Å². The maximum absolute atomic E-state index is 13.1. The normalized spacial score (nSPS) is 23.1. The third kappa shape index (κ3) is 2.90. The van der Waals surface area contributed by atoms with Gasteiger partial charge in [0.15, 0.2) is 0 Å². The average Bonchev–Trinajstić information content (AvgIpc) is 2.79. The molecule has 1 aliphatic rings. The van der Waals surface area contributed by atoms with Crippen molar-refractivity contribution in [3.8, 4) is 0 Å². The maximum atomic E-state index is 13.1. The molecule has 2 unspecified atom stereocenters. The first-order valence-electron chi connectivity index (χ1n) is 5.98. The largest absolute Gasteiger partial charge is 0.396 e. The molecule has 3 nitrogen and oxygen atoms in total. The Labute approximate surface area is 114 Å². The number of halogens is 2. The fraction of sp³-hybridized carbons (Fsp3) is 0.462. The van der Waals surface area contributed by atoms with Gasteiger partial charge in [0.2, 0.25) is 0 Å². The Bertz CT molecular complexity index is 453. The molecule has 0 bridgehead atoms. The molecular weight excluding hydrogens is 301 g/mol. The summed E-state index contributed by atoms with van der Waals surface area (Å²) in [4.78, 5) is 12.0. The van der Waals surface area contributed by atoms with Crippen LogP contribution in [0, 0.1) is 11.7 Å². The highest BCUT2D eigenvalue weighted by molar-refractivity contribution is 9.10. The van der Waals surface area contributed by atoms with E-state index in [1.807, 2.05) is 0 Å². The first kappa shape index (κ1) is 13.5. The molecule has 2 atom stereocenters. The van der Waals surface area contributed by atoms with E-state index in [9.17, 15) is 14.3 Å². The number of benzene rings is 1. The van der Waals surface area contributed by atoms with Crippen molar-refractivity contribution in [3.63, 3.8) is 0 Å². The molecule has 1 amide bonds. The molecule has 0 radical (unpaired) electrons. The highest BCUT2D eigenvalue weighted by Gasteiger charge is 2.28. The minimum atomic E-state index is -0.388. The molecule has 0 saturated heterocycles. The van der Waals surface area contributed by atoms with Gasteiger partial charge < -0.3 is 10.4 Å². The number of hydrogen-bond acceptors (Lipinski definition) is 2. The van der Waals surface area contributed by atoms with E-state index in [0.29, 0.717) is 5.56 Å². The smallest absolute Gasteiger partial charge is 0.251 e. The summed E-state index contributed by atoms with van der Waals surface area (Å²) in [7, 11) is 0. The van der Waals surface area contributed by atoms with Crippen LogP contribution in [0.3, 0.4) is 0 Å². The summed E-state index contributed by atoms with van der Waals surface area (Å²) in [5, 5.41) is 12.1. The van der Waals surface area contributed by atoms with Crippen LogP contribution < -0.4 is 5.32 Å². The number of rotatable bonds is 3. The van der Waals surface area contributed by atoms with Crippen LogP contribution in [0.4, 0.5) is 4.39 Å². The predicted octanol–water partition coefficient (Wildman–Crippen LogP) is 2.48. The van der Waals surface area contributed by atoms with Gasteiger partial charge in [0.25, 0.3) is 5.91 Å². The van der Waals surface area contributed by atoms with Crippen LogP contribution in [0.2, 0.25) is 0 Å². The quantitative estimate of drug-likeness (QED) is 0.900. The molecule has 1 aromatic carbocycles.